The molecule has 1 fully saturated rings. The third kappa shape index (κ3) is 4.08. The predicted octanol–water partition coefficient (Wildman–Crippen LogP) is 2.45. The highest BCUT2D eigenvalue weighted by atomic mass is 35.5. The lowest BCUT2D eigenvalue weighted by atomic mass is 10.1. The molecule has 1 heterocycles. The number of amides is 1. The first kappa shape index (κ1) is 17.6. The van der Waals surface area contributed by atoms with Crippen LogP contribution in [0.3, 0.4) is 0 Å². The second-order valence-electron chi connectivity index (χ2n) is 5.93. The van der Waals surface area contributed by atoms with Gasteiger partial charge in [0.2, 0.25) is 5.91 Å². The van der Waals surface area contributed by atoms with Gasteiger partial charge in [-0.2, -0.15) is 5.53 Å². The minimum Gasteiger partial charge on any atom is -0.367 e. The number of carbonyl (C=O) groups excluding carboxylic acids is 1. The van der Waals surface area contributed by atoms with Gasteiger partial charge in [0.15, 0.2) is 0 Å². The van der Waals surface area contributed by atoms with Gasteiger partial charge in [0.1, 0.15) is 18.0 Å². The maximum Gasteiger partial charge on any atom is 0.246 e. The van der Waals surface area contributed by atoms with Gasteiger partial charge in [-0.3, -0.25) is 4.79 Å². The van der Waals surface area contributed by atoms with Crippen molar-refractivity contribution in [3.05, 3.63) is 58.4 Å². The third-order valence-corrected chi connectivity index (χ3v) is 4.38. The van der Waals surface area contributed by atoms with Crippen molar-refractivity contribution in [2.24, 2.45) is 0 Å². The lowest BCUT2D eigenvalue weighted by Gasteiger charge is -2.20. The Balaban J connectivity index is 1.68. The van der Waals surface area contributed by atoms with Gasteiger partial charge in [-0.25, -0.2) is 15.2 Å². The van der Waals surface area contributed by atoms with E-state index in [9.17, 15) is 9.18 Å². The quantitative estimate of drug-likeness (QED) is 0.577. The van der Waals surface area contributed by atoms with Crippen molar-refractivity contribution in [3.63, 3.8) is 0 Å². The van der Waals surface area contributed by atoms with Crippen LogP contribution in [0, 0.1) is 19.7 Å². The van der Waals surface area contributed by atoms with Crippen LogP contribution in [-0.4, -0.2) is 18.1 Å². The predicted molar refractivity (Wildman–Crippen MR) is 96.6 cm³/mol. The number of rotatable bonds is 4. The van der Waals surface area contributed by atoms with Crippen LogP contribution in [0.25, 0.3) is 0 Å². The van der Waals surface area contributed by atoms with E-state index in [1.165, 1.54) is 23.8 Å². The normalized spacial score (nSPS) is 19.7. The van der Waals surface area contributed by atoms with Crippen molar-refractivity contribution in [1.82, 2.24) is 16.4 Å². The summed E-state index contributed by atoms with van der Waals surface area (Å²) in [6.07, 6.45) is -0.377. The van der Waals surface area contributed by atoms with Crippen molar-refractivity contribution in [3.8, 4) is 0 Å². The molecule has 0 spiro atoms. The standard InChI is InChI=1S/C17H19ClFN5O/c1-9-3-4-11(7-10(9)2)20-16-15(22-24-23-16)17(25)21-12-5-6-14(19)13(18)8-12/h3-8,15-16,20,22-24H,1-2H3,(H,21,25). The maximum absolute atomic E-state index is 13.2. The van der Waals surface area contributed by atoms with E-state index in [1.807, 2.05) is 32.0 Å². The van der Waals surface area contributed by atoms with Crippen molar-refractivity contribution in [2.45, 2.75) is 26.1 Å². The zero-order valence-electron chi connectivity index (χ0n) is 13.8. The average molecular weight is 364 g/mol. The van der Waals surface area contributed by atoms with Crippen molar-refractivity contribution < 1.29 is 9.18 Å². The Morgan fingerprint density at radius 3 is 2.56 bits per heavy atom. The van der Waals surface area contributed by atoms with Gasteiger partial charge in [-0.1, -0.05) is 17.7 Å². The van der Waals surface area contributed by atoms with Gasteiger partial charge < -0.3 is 10.6 Å². The Morgan fingerprint density at radius 1 is 1.08 bits per heavy atom. The van der Waals surface area contributed by atoms with Gasteiger partial charge in [-0.15, -0.1) is 0 Å². The zero-order chi connectivity index (χ0) is 18.0. The Kier molecular flexibility index (Phi) is 5.19. The average Bonchev–Trinajstić information content (AvgIpc) is 3.03. The van der Waals surface area contributed by atoms with E-state index < -0.39 is 11.9 Å². The molecular weight excluding hydrogens is 345 g/mol. The number of hydrazine groups is 2. The van der Waals surface area contributed by atoms with Gasteiger partial charge in [0.25, 0.3) is 0 Å². The van der Waals surface area contributed by atoms with Crippen LogP contribution >= 0.6 is 11.6 Å². The highest BCUT2D eigenvalue weighted by Crippen LogP contribution is 2.20. The SMILES string of the molecule is Cc1ccc(NC2NNNC2C(=O)Nc2ccc(F)c(Cl)c2)cc1C. The molecule has 2 atom stereocenters. The van der Waals surface area contributed by atoms with E-state index in [2.05, 4.69) is 27.0 Å². The van der Waals surface area contributed by atoms with Gasteiger partial charge in [0.05, 0.1) is 5.02 Å². The number of hydrogen-bond acceptors (Lipinski definition) is 5. The molecule has 0 saturated carbocycles. The molecule has 3 rings (SSSR count). The number of nitrogens with one attached hydrogen (secondary N) is 5. The molecule has 2 aromatic rings. The topological polar surface area (TPSA) is 77.2 Å². The van der Waals surface area contributed by atoms with E-state index in [1.54, 1.807) is 0 Å². The molecule has 2 aromatic carbocycles. The lowest BCUT2D eigenvalue weighted by Crippen LogP contribution is -2.47. The van der Waals surface area contributed by atoms with Crippen molar-refractivity contribution >= 4 is 28.9 Å². The highest BCUT2D eigenvalue weighted by Gasteiger charge is 2.32. The molecule has 25 heavy (non-hydrogen) atoms. The van der Waals surface area contributed by atoms with Crippen LogP contribution in [0.4, 0.5) is 15.8 Å². The number of carbonyl (C=O) groups is 1. The zero-order valence-corrected chi connectivity index (χ0v) is 14.5. The molecule has 0 bridgehead atoms. The summed E-state index contributed by atoms with van der Waals surface area (Å²) in [5, 5.41) is 5.94. The maximum atomic E-state index is 13.2. The van der Waals surface area contributed by atoms with E-state index in [4.69, 9.17) is 11.6 Å². The molecular formula is C17H19ClFN5O. The summed E-state index contributed by atoms with van der Waals surface area (Å²) in [7, 11) is 0. The Hall–Kier alpha value is -2.19. The van der Waals surface area contributed by atoms with E-state index in [-0.39, 0.29) is 17.1 Å². The second-order valence-corrected chi connectivity index (χ2v) is 6.34. The van der Waals surface area contributed by atoms with Gasteiger partial charge in [0, 0.05) is 11.4 Å². The van der Waals surface area contributed by atoms with Crippen LogP contribution in [0.2, 0.25) is 5.02 Å². The monoisotopic (exact) mass is 363 g/mol. The minimum absolute atomic E-state index is 0.0433. The molecule has 0 radical (unpaired) electrons. The molecule has 1 saturated heterocycles. The largest absolute Gasteiger partial charge is 0.367 e. The molecule has 5 N–H and O–H groups in total. The fourth-order valence-corrected chi connectivity index (χ4v) is 2.69. The lowest BCUT2D eigenvalue weighted by molar-refractivity contribution is -0.118. The molecule has 0 aliphatic carbocycles. The molecule has 6 nitrogen and oxygen atoms in total. The molecule has 0 aromatic heterocycles. The van der Waals surface area contributed by atoms with Crippen LogP contribution < -0.4 is 27.0 Å². The van der Waals surface area contributed by atoms with E-state index in [0.29, 0.717) is 5.69 Å². The number of halogens is 2. The summed E-state index contributed by atoms with van der Waals surface area (Å²) in [5.74, 6) is -0.821. The Bertz CT molecular complexity index is 801. The van der Waals surface area contributed by atoms with E-state index in [0.717, 1.165) is 11.3 Å². The Labute approximate surface area is 150 Å². The van der Waals surface area contributed by atoms with E-state index >= 15 is 0 Å². The van der Waals surface area contributed by atoms with Gasteiger partial charge in [-0.05, 0) is 55.3 Å². The molecule has 1 aliphatic heterocycles. The van der Waals surface area contributed by atoms with Crippen molar-refractivity contribution in [1.29, 1.82) is 0 Å². The first-order valence-electron chi connectivity index (χ1n) is 7.80. The van der Waals surface area contributed by atoms with Gasteiger partial charge >= 0.3 is 0 Å². The Morgan fingerprint density at radius 2 is 1.84 bits per heavy atom. The van der Waals surface area contributed by atoms with Crippen LogP contribution in [0.15, 0.2) is 36.4 Å². The molecule has 1 aliphatic rings. The molecule has 132 valence electrons. The summed E-state index contributed by atoms with van der Waals surface area (Å²) in [6, 6.07) is 9.44. The summed E-state index contributed by atoms with van der Waals surface area (Å²) < 4.78 is 13.2. The van der Waals surface area contributed by atoms with Crippen LogP contribution in [0.1, 0.15) is 11.1 Å². The number of aryl methyl sites for hydroxylation is 2. The third-order valence-electron chi connectivity index (χ3n) is 4.09. The first-order chi connectivity index (χ1) is 11.9. The number of benzene rings is 2. The smallest absolute Gasteiger partial charge is 0.246 e. The molecule has 2 unspecified atom stereocenters. The first-order valence-corrected chi connectivity index (χ1v) is 8.17. The fourth-order valence-electron chi connectivity index (χ4n) is 2.50. The summed E-state index contributed by atoms with van der Waals surface area (Å²) in [6.45, 7) is 4.07. The minimum atomic E-state index is -0.592. The van der Waals surface area contributed by atoms with Crippen LogP contribution in [0.5, 0.6) is 0 Å². The highest BCUT2D eigenvalue weighted by molar-refractivity contribution is 6.31. The van der Waals surface area contributed by atoms with Crippen LogP contribution in [-0.2, 0) is 4.79 Å². The molecule has 1 amide bonds. The number of hydrogen-bond donors (Lipinski definition) is 5. The summed E-state index contributed by atoms with van der Waals surface area (Å²) >= 11 is 5.74. The summed E-state index contributed by atoms with van der Waals surface area (Å²) in [5.41, 5.74) is 12.2. The molecule has 8 heteroatoms. The summed E-state index contributed by atoms with van der Waals surface area (Å²) in [4.78, 5) is 12.5. The number of anilines is 2. The second kappa shape index (κ2) is 7.37. The fraction of sp³-hybridized carbons (Fsp3) is 0.235. The van der Waals surface area contributed by atoms with Crippen molar-refractivity contribution in [2.75, 3.05) is 10.6 Å².